The molecule has 25 heavy (non-hydrogen) atoms. The van der Waals surface area contributed by atoms with E-state index in [0.717, 1.165) is 12.2 Å². The first-order valence-electron chi connectivity index (χ1n) is 9.80. The van der Waals surface area contributed by atoms with E-state index in [1.165, 1.54) is 50.5 Å². The lowest BCUT2D eigenvalue weighted by molar-refractivity contribution is 0.0325. The molecule has 0 bridgehead atoms. The minimum absolute atomic E-state index is 0.144. The molecule has 1 aromatic carbocycles. The number of hydrogen-bond acceptors (Lipinski definition) is 3. The maximum Gasteiger partial charge on any atom is 0.119 e. The molecule has 0 N–H and O–H groups in total. The molecule has 0 aromatic heterocycles. The number of unbranched alkanes of at least 4 members (excludes halogenated alkanes) is 6. The summed E-state index contributed by atoms with van der Waals surface area (Å²) in [6, 6.07) is 8.36. The van der Waals surface area contributed by atoms with Gasteiger partial charge in [0.2, 0.25) is 0 Å². The maximum atomic E-state index is 11.8. The van der Waals surface area contributed by atoms with Crippen molar-refractivity contribution < 1.29 is 18.6 Å². The highest BCUT2D eigenvalue weighted by Crippen LogP contribution is 2.15. The van der Waals surface area contributed by atoms with Gasteiger partial charge in [-0.15, -0.1) is 0 Å². The van der Waals surface area contributed by atoms with E-state index < -0.39 is 6.67 Å². The van der Waals surface area contributed by atoms with Gasteiger partial charge in [-0.25, -0.2) is 4.39 Å². The van der Waals surface area contributed by atoms with Crippen LogP contribution in [0.15, 0.2) is 24.3 Å². The van der Waals surface area contributed by atoms with Crippen LogP contribution in [-0.4, -0.2) is 39.7 Å². The summed E-state index contributed by atoms with van der Waals surface area (Å²) in [4.78, 5) is 0. The third-order valence-corrected chi connectivity index (χ3v) is 4.08. The minimum atomic E-state index is -0.446. The molecule has 144 valence electrons. The Bertz CT molecular complexity index is 395. The van der Waals surface area contributed by atoms with Crippen molar-refractivity contribution in [3.8, 4) is 5.75 Å². The summed E-state index contributed by atoms with van der Waals surface area (Å²) in [5.74, 6) is 0.876. The van der Waals surface area contributed by atoms with Gasteiger partial charge in [0.15, 0.2) is 0 Å². The highest BCUT2D eigenvalue weighted by molar-refractivity contribution is 5.27. The fraction of sp³-hybridized carbons (Fsp3) is 0.714. The maximum absolute atomic E-state index is 11.8. The summed E-state index contributed by atoms with van der Waals surface area (Å²) in [6.45, 7) is 3.88. The molecule has 0 spiro atoms. The Morgan fingerprint density at radius 1 is 0.720 bits per heavy atom. The second-order valence-corrected chi connectivity index (χ2v) is 6.28. The number of hydrogen-bond donors (Lipinski definition) is 0. The van der Waals surface area contributed by atoms with E-state index in [4.69, 9.17) is 14.2 Å². The van der Waals surface area contributed by atoms with Crippen molar-refractivity contribution in [2.24, 2.45) is 0 Å². The lowest BCUT2D eigenvalue weighted by Crippen LogP contribution is -2.11. The lowest BCUT2D eigenvalue weighted by Gasteiger charge is -2.08. The van der Waals surface area contributed by atoms with Crippen LogP contribution in [0.2, 0.25) is 0 Å². The Balaban J connectivity index is 2.00. The number of ether oxygens (including phenoxy) is 3. The molecule has 0 saturated carbocycles. The molecule has 0 aliphatic carbocycles. The summed E-state index contributed by atoms with van der Waals surface area (Å²) in [6.07, 6.45) is 10.6. The monoisotopic (exact) mass is 354 g/mol. The van der Waals surface area contributed by atoms with E-state index in [0.29, 0.717) is 26.4 Å². The van der Waals surface area contributed by atoms with Gasteiger partial charge in [-0.05, 0) is 30.5 Å². The van der Waals surface area contributed by atoms with Crippen molar-refractivity contribution in [1.82, 2.24) is 0 Å². The van der Waals surface area contributed by atoms with E-state index in [1.807, 2.05) is 12.1 Å². The zero-order valence-electron chi connectivity index (χ0n) is 15.8. The fourth-order valence-corrected chi connectivity index (χ4v) is 2.63. The summed E-state index contributed by atoms with van der Waals surface area (Å²) in [7, 11) is 0. The Hall–Kier alpha value is -1.13. The second-order valence-electron chi connectivity index (χ2n) is 6.28. The third-order valence-electron chi connectivity index (χ3n) is 4.08. The topological polar surface area (TPSA) is 27.7 Å². The predicted octanol–water partition coefficient (Wildman–Crippen LogP) is 5.36. The molecule has 0 saturated heterocycles. The van der Waals surface area contributed by atoms with Crippen LogP contribution in [0.4, 0.5) is 4.39 Å². The van der Waals surface area contributed by atoms with E-state index in [1.54, 1.807) is 0 Å². The smallest absolute Gasteiger partial charge is 0.119 e. The van der Waals surface area contributed by atoms with Crippen LogP contribution >= 0.6 is 0 Å². The summed E-state index contributed by atoms with van der Waals surface area (Å²) < 4.78 is 27.8. The first-order chi connectivity index (χ1) is 12.4. The van der Waals surface area contributed by atoms with E-state index in [-0.39, 0.29) is 6.61 Å². The van der Waals surface area contributed by atoms with E-state index in [9.17, 15) is 4.39 Å². The van der Waals surface area contributed by atoms with Crippen LogP contribution in [0.5, 0.6) is 5.75 Å². The molecule has 0 aliphatic rings. The van der Waals surface area contributed by atoms with Gasteiger partial charge in [0.1, 0.15) is 19.0 Å². The van der Waals surface area contributed by atoms with Crippen molar-refractivity contribution in [3.63, 3.8) is 0 Å². The zero-order chi connectivity index (χ0) is 18.0. The molecule has 0 unspecified atom stereocenters. The van der Waals surface area contributed by atoms with Crippen LogP contribution in [0.3, 0.4) is 0 Å². The first kappa shape index (κ1) is 21.9. The number of halogens is 1. The molecule has 1 rings (SSSR count). The van der Waals surface area contributed by atoms with E-state index >= 15 is 0 Å². The Labute approximate surface area is 152 Å². The average molecular weight is 355 g/mol. The average Bonchev–Trinajstić information content (AvgIpc) is 2.64. The molecule has 1 aromatic rings. The van der Waals surface area contributed by atoms with Gasteiger partial charge in [-0.3, -0.25) is 0 Å². The van der Waals surface area contributed by atoms with Gasteiger partial charge in [0.05, 0.1) is 26.4 Å². The van der Waals surface area contributed by atoms with Crippen LogP contribution in [0.1, 0.15) is 57.4 Å². The van der Waals surface area contributed by atoms with Crippen molar-refractivity contribution in [3.05, 3.63) is 29.8 Å². The van der Waals surface area contributed by atoms with Crippen LogP contribution in [0.25, 0.3) is 0 Å². The first-order valence-corrected chi connectivity index (χ1v) is 9.80. The Kier molecular flexibility index (Phi) is 14.3. The fourth-order valence-electron chi connectivity index (χ4n) is 2.63. The predicted molar refractivity (Wildman–Crippen MR) is 101 cm³/mol. The SMILES string of the molecule is CCCCCCCCCc1ccc(OCCOCCOCCF)cc1. The van der Waals surface area contributed by atoms with Crippen molar-refractivity contribution >= 4 is 0 Å². The second kappa shape index (κ2) is 16.3. The summed E-state index contributed by atoms with van der Waals surface area (Å²) in [5, 5.41) is 0. The van der Waals surface area contributed by atoms with Crippen molar-refractivity contribution in [2.45, 2.75) is 58.3 Å². The van der Waals surface area contributed by atoms with Gasteiger partial charge in [-0.1, -0.05) is 57.6 Å². The lowest BCUT2D eigenvalue weighted by atomic mass is 10.0. The highest BCUT2D eigenvalue weighted by atomic mass is 19.1. The van der Waals surface area contributed by atoms with Crippen LogP contribution < -0.4 is 4.74 Å². The van der Waals surface area contributed by atoms with Crippen molar-refractivity contribution in [2.75, 3.05) is 39.7 Å². The third kappa shape index (κ3) is 12.8. The molecule has 0 fully saturated rings. The number of benzene rings is 1. The van der Waals surface area contributed by atoms with E-state index in [2.05, 4.69) is 19.1 Å². The standard InChI is InChI=1S/C21H35FO3/c1-2-3-4-5-6-7-8-9-20-10-12-21(13-11-20)25-19-18-24-17-16-23-15-14-22/h10-13H,2-9,14-19H2,1H3. The molecule has 3 nitrogen and oxygen atoms in total. The van der Waals surface area contributed by atoms with Gasteiger partial charge in [0, 0.05) is 0 Å². The van der Waals surface area contributed by atoms with Crippen LogP contribution in [0, 0.1) is 0 Å². The molecule has 4 heteroatoms. The Morgan fingerprint density at radius 2 is 1.32 bits per heavy atom. The molecule has 0 heterocycles. The number of rotatable bonds is 17. The van der Waals surface area contributed by atoms with Gasteiger partial charge >= 0.3 is 0 Å². The largest absolute Gasteiger partial charge is 0.491 e. The number of alkyl halides is 1. The van der Waals surface area contributed by atoms with Crippen molar-refractivity contribution in [1.29, 1.82) is 0 Å². The Morgan fingerprint density at radius 3 is 2.00 bits per heavy atom. The quantitative estimate of drug-likeness (QED) is 0.352. The normalized spacial score (nSPS) is 11.0. The van der Waals surface area contributed by atoms with Gasteiger partial charge in [-0.2, -0.15) is 0 Å². The molecule has 0 aliphatic heterocycles. The summed E-state index contributed by atoms with van der Waals surface area (Å²) in [5.41, 5.74) is 1.38. The molecular formula is C21H35FO3. The molecule has 0 atom stereocenters. The molecular weight excluding hydrogens is 319 g/mol. The zero-order valence-corrected chi connectivity index (χ0v) is 15.8. The molecule has 0 radical (unpaired) electrons. The number of aryl methyl sites for hydroxylation is 1. The minimum Gasteiger partial charge on any atom is -0.491 e. The van der Waals surface area contributed by atoms with Gasteiger partial charge in [0.25, 0.3) is 0 Å². The van der Waals surface area contributed by atoms with Crippen LogP contribution in [-0.2, 0) is 15.9 Å². The molecule has 0 amide bonds. The van der Waals surface area contributed by atoms with Gasteiger partial charge < -0.3 is 14.2 Å². The summed E-state index contributed by atoms with van der Waals surface area (Å²) >= 11 is 0. The highest BCUT2D eigenvalue weighted by Gasteiger charge is 1.98.